The maximum absolute atomic E-state index is 13.9. The molecule has 0 bridgehead atoms. The Morgan fingerprint density at radius 2 is 2.03 bits per heavy atom. The average Bonchev–Trinajstić information content (AvgIpc) is 3.20. The van der Waals surface area contributed by atoms with Crippen molar-refractivity contribution in [1.82, 2.24) is 20.5 Å². The summed E-state index contributed by atoms with van der Waals surface area (Å²) in [6, 6.07) is 8.84. The number of hydrogen-bond acceptors (Lipinski definition) is 5. The zero-order valence-electron chi connectivity index (χ0n) is 20.7. The third-order valence-corrected chi connectivity index (χ3v) is 6.60. The predicted molar refractivity (Wildman–Crippen MR) is 132 cm³/mol. The second-order valence-corrected chi connectivity index (χ2v) is 10.6. The van der Waals surface area contributed by atoms with E-state index in [9.17, 15) is 14.0 Å². The van der Waals surface area contributed by atoms with E-state index in [1.54, 1.807) is 12.3 Å². The van der Waals surface area contributed by atoms with Crippen LogP contribution >= 0.6 is 0 Å². The van der Waals surface area contributed by atoms with Crippen LogP contribution in [0.3, 0.4) is 0 Å². The van der Waals surface area contributed by atoms with Gasteiger partial charge in [-0.2, -0.15) is 0 Å². The van der Waals surface area contributed by atoms with Crippen molar-refractivity contribution in [2.24, 2.45) is 0 Å². The van der Waals surface area contributed by atoms with Crippen LogP contribution in [0.1, 0.15) is 56.2 Å². The third kappa shape index (κ3) is 7.01. The molecule has 3 atom stereocenters. The number of halogens is 1. The maximum Gasteiger partial charge on any atom is 0.407 e. The first-order chi connectivity index (χ1) is 16.7. The van der Waals surface area contributed by atoms with E-state index in [1.807, 2.05) is 45.2 Å². The van der Waals surface area contributed by atoms with Crippen molar-refractivity contribution in [2.45, 2.75) is 70.1 Å². The minimum Gasteiger partial charge on any atom is -0.444 e. The summed E-state index contributed by atoms with van der Waals surface area (Å²) in [5.41, 5.74) is 2.65. The number of nitrogens with zero attached hydrogens (tertiary/aromatic N) is 2. The molecule has 2 heterocycles. The van der Waals surface area contributed by atoms with Gasteiger partial charge in [-0.05, 0) is 81.3 Å². The molecular weight excluding hydrogens is 447 g/mol. The van der Waals surface area contributed by atoms with Gasteiger partial charge in [0.25, 0.3) is 0 Å². The van der Waals surface area contributed by atoms with E-state index in [2.05, 4.69) is 20.5 Å². The number of carbonyl (C=O) groups is 2. The van der Waals surface area contributed by atoms with Gasteiger partial charge < -0.3 is 15.4 Å². The Balaban J connectivity index is 1.36. The molecule has 1 aromatic heterocycles. The van der Waals surface area contributed by atoms with Gasteiger partial charge in [-0.15, -0.1) is 0 Å². The zero-order chi connectivity index (χ0) is 25.0. The van der Waals surface area contributed by atoms with E-state index in [1.165, 1.54) is 6.07 Å². The Morgan fingerprint density at radius 3 is 2.77 bits per heavy atom. The van der Waals surface area contributed by atoms with Crippen LogP contribution in [0.5, 0.6) is 0 Å². The number of amides is 2. The molecule has 1 unspecified atom stereocenters. The lowest BCUT2D eigenvalue weighted by Gasteiger charge is -2.35. The monoisotopic (exact) mass is 482 g/mol. The number of rotatable bonds is 6. The lowest BCUT2D eigenvalue weighted by Crippen LogP contribution is -2.47. The summed E-state index contributed by atoms with van der Waals surface area (Å²) in [5.74, 6) is -0.211. The minimum absolute atomic E-state index is 0.0327. The Kier molecular flexibility index (Phi) is 7.69. The molecule has 4 rings (SSSR count). The van der Waals surface area contributed by atoms with Crippen molar-refractivity contribution in [2.75, 3.05) is 19.6 Å². The molecule has 0 saturated carbocycles. The van der Waals surface area contributed by atoms with E-state index >= 15 is 0 Å². The van der Waals surface area contributed by atoms with E-state index in [0.717, 1.165) is 48.9 Å². The number of fused-ring (bicyclic) bond motifs is 1. The molecule has 1 fully saturated rings. The highest BCUT2D eigenvalue weighted by molar-refractivity contribution is 5.78. The molecule has 0 spiro atoms. The van der Waals surface area contributed by atoms with Crippen LogP contribution in [0.25, 0.3) is 0 Å². The smallest absolute Gasteiger partial charge is 0.407 e. The summed E-state index contributed by atoms with van der Waals surface area (Å²) < 4.78 is 19.2. The molecule has 1 aliphatic heterocycles. The second kappa shape index (κ2) is 10.7. The largest absolute Gasteiger partial charge is 0.444 e. The predicted octanol–water partition coefficient (Wildman–Crippen LogP) is 3.58. The Labute approximate surface area is 206 Å². The summed E-state index contributed by atoms with van der Waals surface area (Å²) in [5, 5.41) is 6.15. The highest BCUT2D eigenvalue weighted by Gasteiger charge is 2.32. The van der Waals surface area contributed by atoms with Crippen LogP contribution < -0.4 is 10.6 Å². The Hall–Kier alpha value is -3.00. The van der Waals surface area contributed by atoms with Gasteiger partial charge in [-0.25, -0.2) is 9.18 Å². The summed E-state index contributed by atoms with van der Waals surface area (Å²) in [6.07, 6.45) is 6.15. The lowest BCUT2D eigenvalue weighted by molar-refractivity contribution is -0.123. The lowest BCUT2D eigenvalue weighted by atomic mass is 9.76. The van der Waals surface area contributed by atoms with Crippen LogP contribution in [0.15, 0.2) is 42.7 Å². The van der Waals surface area contributed by atoms with Gasteiger partial charge in [0.2, 0.25) is 5.91 Å². The van der Waals surface area contributed by atoms with Gasteiger partial charge in [0.15, 0.2) is 0 Å². The number of aryl methyl sites for hydroxylation is 1. The summed E-state index contributed by atoms with van der Waals surface area (Å²) in [6.45, 7) is 7.12. The molecule has 2 aliphatic rings. The molecule has 1 saturated heterocycles. The molecule has 2 aromatic rings. The standard InChI is InChI=1S/C27H35FN4O3/c1-27(2,3)35-26(34)30-21-10-12-32(16-21)17-25(33)31-24-9-6-19-14-20(28)7-8-22(19)23(24)13-18-5-4-11-29-15-18/h4-5,7-8,11,14-15,21,23-24H,6,9-10,12-13,16-17H2,1-3H3,(H,30,34)(H,31,33)/t21?,23-,24+/m0/s1. The molecule has 1 aliphatic carbocycles. The number of pyridine rings is 1. The number of likely N-dealkylation sites (tertiary alicyclic amines) is 1. The van der Waals surface area contributed by atoms with Gasteiger partial charge in [-0.1, -0.05) is 12.1 Å². The van der Waals surface area contributed by atoms with E-state index in [-0.39, 0.29) is 36.3 Å². The van der Waals surface area contributed by atoms with E-state index in [4.69, 9.17) is 4.74 Å². The van der Waals surface area contributed by atoms with Crippen LogP contribution in [0, 0.1) is 5.82 Å². The first kappa shape index (κ1) is 25.1. The number of carbonyl (C=O) groups excluding carboxylic acids is 2. The fourth-order valence-electron chi connectivity index (χ4n) is 5.10. The van der Waals surface area contributed by atoms with Crippen molar-refractivity contribution in [1.29, 1.82) is 0 Å². The molecule has 8 heteroatoms. The summed E-state index contributed by atoms with van der Waals surface area (Å²) in [4.78, 5) is 31.3. The summed E-state index contributed by atoms with van der Waals surface area (Å²) >= 11 is 0. The number of nitrogens with one attached hydrogen (secondary N) is 2. The number of ether oxygens (including phenoxy) is 1. The van der Waals surface area contributed by atoms with Crippen LogP contribution in [-0.2, 0) is 22.4 Å². The van der Waals surface area contributed by atoms with Crippen molar-refractivity contribution in [3.8, 4) is 0 Å². The van der Waals surface area contributed by atoms with Gasteiger partial charge in [0, 0.05) is 43.5 Å². The minimum atomic E-state index is -0.543. The highest BCUT2D eigenvalue weighted by atomic mass is 19.1. The summed E-state index contributed by atoms with van der Waals surface area (Å²) in [7, 11) is 0. The van der Waals surface area contributed by atoms with Crippen molar-refractivity contribution >= 4 is 12.0 Å². The van der Waals surface area contributed by atoms with Gasteiger partial charge in [0.05, 0.1) is 6.54 Å². The number of benzene rings is 1. The molecule has 2 amide bonds. The molecule has 2 N–H and O–H groups in total. The van der Waals surface area contributed by atoms with Crippen molar-refractivity contribution in [3.63, 3.8) is 0 Å². The molecule has 0 radical (unpaired) electrons. The van der Waals surface area contributed by atoms with E-state index < -0.39 is 11.7 Å². The maximum atomic E-state index is 13.9. The Morgan fingerprint density at radius 1 is 1.20 bits per heavy atom. The average molecular weight is 483 g/mol. The molecule has 188 valence electrons. The van der Waals surface area contributed by atoms with Crippen molar-refractivity contribution < 1.29 is 18.7 Å². The van der Waals surface area contributed by atoms with Crippen LogP contribution in [0.4, 0.5) is 9.18 Å². The quantitative estimate of drug-likeness (QED) is 0.658. The second-order valence-electron chi connectivity index (χ2n) is 10.6. The van der Waals surface area contributed by atoms with Crippen LogP contribution in [-0.4, -0.2) is 59.2 Å². The van der Waals surface area contributed by atoms with Crippen molar-refractivity contribution in [3.05, 3.63) is 65.2 Å². The fourth-order valence-corrected chi connectivity index (χ4v) is 5.10. The molecular formula is C27H35FN4O3. The topological polar surface area (TPSA) is 83.6 Å². The van der Waals surface area contributed by atoms with Crippen LogP contribution in [0.2, 0.25) is 0 Å². The number of hydrogen-bond donors (Lipinski definition) is 2. The molecule has 7 nitrogen and oxygen atoms in total. The SMILES string of the molecule is CC(C)(C)OC(=O)NC1CCN(CC(=O)N[C@@H]2CCc3cc(F)ccc3[C@@H]2Cc2cccnc2)C1. The Bertz CT molecular complexity index is 1040. The number of alkyl carbamates (subject to hydrolysis) is 1. The molecule has 1 aromatic carbocycles. The molecule has 35 heavy (non-hydrogen) atoms. The first-order valence-electron chi connectivity index (χ1n) is 12.3. The van der Waals surface area contributed by atoms with Gasteiger partial charge >= 0.3 is 6.09 Å². The zero-order valence-corrected chi connectivity index (χ0v) is 20.7. The normalized spacial score (nSPS) is 22.3. The van der Waals surface area contributed by atoms with Gasteiger partial charge in [-0.3, -0.25) is 14.7 Å². The number of aromatic nitrogens is 1. The first-order valence-corrected chi connectivity index (χ1v) is 12.3. The van der Waals surface area contributed by atoms with E-state index in [0.29, 0.717) is 6.54 Å². The van der Waals surface area contributed by atoms with Gasteiger partial charge in [0.1, 0.15) is 11.4 Å². The fraction of sp³-hybridized carbons (Fsp3) is 0.519. The highest BCUT2D eigenvalue weighted by Crippen LogP contribution is 2.35. The third-order valence-electron chi connectivity index (χ3n) is 6.60.